The van der Waals surface area contributed by atoms with E-state index >= 15 is 0 Å². The Morgan fingerprint density at radius 1 is 1.34 bits per heavy atom. The highest BCUT2D eigenvalue weighted by atomic mass is 35.5. The second kappa shape index (κ2) is 9.88. The fourth-order valence-corrected chi connectivity index (χ4v) is 3.96. The van der Waals surface area contributed by atoms with Gasteiger partial charge in [0.25, 0.3) is 0 Å². The maximum absolute atomic E-state index is 12.8. The Morgan fingerprint density at radius 2 is 2.10 bits per heavy atom. The highest BCUT2D eigenvalue weighted by Gasteiger charge is 2.23. The zero-order chi connectivity index (χ0) is 20.6. The number of amides is 1. The lowest BCUT2D eigenvalue weighted by molar-refractivity contribution is -0.121. The maximum atomic E-state index is 12.8. The standard InChI is InChI=1S/C19H18ClN7OS/c20-15-6-2-1-5-13(15)14(11-24-27-22)18(28)25-12(9-21)10-23-19-26-16-7-3-4-8-17(16)29-19/h1-10,14,19,26H,11,21H2,(H,25,28)/t14-,19?/m1/s1. The van der Waals surface area contributed by atoms with E-state index in [-0.39, 0.29) is 12.0 Å². The number of hydrogen-bond acceptors (Lipinski definition) is 6. The lowest BCUT2D eigenvalue weighted by Gasteiger charge is -2.16. The first-order valence-corrected chi connectivity index (χ1v) is 9.91. The first-order chi connectivity index (χ1) is 14.1. The predicted molar refractivity (Wildman–Crippen MR) is 117 cm³/mol. The van der Waals surface area contributed by atoms with Crippen molar-refractivity contribution in [2.75, 3.05) is 11.9 Å². The third kappa shape index (κ3) is 5.23. The Morgan fingerprint density at radius 3 is 2.83 bits per heavy atom. The number of allylic oxidation sites excluding steroid dienone is 1. The Balaban J connectivity index is 1.69. The van der Waals surface area contributed by atoms with Crippen LogP contribution in [0.25, 0.3) is 10.4 Å². The zero-order valence-electron chi connectivity index (χ0n) is 15.2. The molecule has 4 N–H and O–H groups in total. The Hall–Kier alpha value is -3.13. The summed E-state index contributed by atoms with van der Waals surface area (Å²) in [5.74, 6) is -1.16. The number of nitrogens with one attached hydrogen (secondary N) is 2. The van der Waals surface area contributed by atoms with Gasteiger partial charge in [-0.15, -0.1) is 0 Å². The SMILES string of the molecule is [N-]=[N+]=NC[C@@H](C(=O)NC(C=NC1Nc2ccccc2S1)=CN)c1ccccc1Cl. The molecule has 2 aromatic rings. The van der Waals surface area contributed by atoms with Gasteiger partial charge in [0.15, 0.2) is 5.50 Å². The van der Waals surface area contributed by atoms with Crippen LogP contribution in [0.1, 0.15) is 11.5 Å². The van der Waals surface area contributed by atoms with Crippen LogP contribution in [0, 0.1) is 0 Å². The van der Waals surface area contributed by atoms with Crippen molar-refractivity contribution < 1.29 is 4.79 Å². The van der Waals surface area contributed by atoms with Gasteiger partial charge < -0.3 is 16.4 Å². The van der Waals surface area contributed by atoms with Gasteiger partial charge >= 0.3 is 0 Å². The number of benzene rings is 2. The highest BCUT2D eigenvalue weighted by molar-refractivity contribution is 8.00. The number of rotatable bonds is 7. The van der Waals surface area contributed by atoms with Crippen molar-refractivity contribution in [3.05, 3.63) is 81.5 Å². The monoisotopic (exact) mass is 427 g/mol. The fourth-order valence-electron chi connectivity index (χ4n) is 2.73. The molecule has 1 heterocycles. The van der Waals surface area contributed by atoms with Gasteiger partial charge in [-0.25, -0.2) is 0 Å². The summed E-state index contributed by atoms with van der Waals surface area (Å²) in [5.41, 5.74) is 16.0. The van der Waals surface area contributed by atoms with Crippen LogP contribution in [0.15, 0.2) is 75.4 Å². The lowest BCUT2D eigenvalue weighted by atomic mass is 9.98. The number of carbonyl (C=O) groups excluding carboxylic acids is 1. The molecule has 0 aliphatic carbocycles. The first kappa shape index (κ1) is 20.6. The van der Waals surface area contributed by atoms with Crippen molar-refractivity contribution in [1.82, 2.24) is 5.32 Å². The number of halogens is 1. The molecule has 0 spiro atoms. The second-order valence-electron chi connectivity index (χ2n) is 5.99. The summed E-state index contributed by atoms with van der Waals surface area (Å²) < 4.78 is 0. The van der Waals surface area contributed by atoms with E-state index in [1.807, 2.05) is 24.3 Å². The molecule has 0 bridgehead atoms. The third-order valence-corrected chi connectivity index (χ3v) is 5.54. The van der Waals surface area contributed by atoms with Crippen LogP contribution in [-0.2, 0) is 4.79 Å². The van der Waals surface area contributed by atoms with E-state index in [4.69, 9.17) is 22.9 Å². The van der Waals surface area contributed by atoms with Crippen LogP contribution in [-0.4, -0.2) is 24.2 Å². The summed E-state index contributed by atoms with van der Waals surface area (Å²) >= 11 is 7.77. The van der Waals surface area contributed by atoms with Gasteiger partial charge in [0.1, 0.15) is 0 Å². The zero-order valence-corrected chi connectivity index (χ0v) is 16.8. The van der Waals surface area contributed by atoms with E-state index in [9.17, 15) is 4.79 Å². The number of nitrogens with two attached hydrogens (primary N) is 1. The van der Waals surface area contributed by atoms with Crippen molar-refractivity contribution >= 4 is 41.2 Å². The summed E-state index contributed by atoms with van der Waals surface area (Å²) in [5, 5.41) is 9.93. The summed E-state index contributed by atoms with van der Waals surface area (Å²) in [6.07, 6.45) is 2.75. The number of carbonyl (C=O) groups is 1. The molecule has 0 saturated heterocycles. The van der Waals surface area contributed by atoms with Crippen LogP contribution in [0.5, 0.6) is 0 Å². The quantitative estimate of drug-likeness (QED) is 0.264. The first-order valence-electron chi connectivity index (χ1n) is 8.66. The molecule has 1 amide bonds. The average molecular weight is 428 g/mol. The molecule has 29 heavy (non-hydrogen) atoms. The number of anilines is 1. The number of thioether (sulfide) groups is 1. The largest absolute Gasteiger partial charge is 0.403 e. The van der Waals surface area contributed by atoms with Crippen LogP contribution in [0.4, 0.5) is 5.69 Å². The van der Waals surface area contributed by atoms with Gasteiger partial charge in [-0.3, -0.25) is 9.79 Å². The minimum atomic E-state index is -0.758. The van der Waals surface area contributed by atoms with Crippen molar-refractivity contribution in [3.63, 3.8) is 0 Å². The van der Waals surface area contributed by atoms with Crippen molar-refractivity contribution in [1.29, 1.82) is 0 Å². The highest BCUT2D eigenvalue weighted by Crippen LogP contribution is 2.38. The minimum absolute atomic E-state index is 0.0730. The van der Waals surface area contributed by atoms with E-state index in [1.165, 1.54) is 12.4 Å². The van der Waals surface area contributed by atoms with Crippen molar-refractivity contribution in [3.8, 4) is 0 Å². The molecule has 10 heteroatoms. The number of hydrogen-bond donors (Lipinski definition) is 3. The maximum Gasteiger partial charge on any atom is 0.232 e. The van der Waals surface area contributed by atoms with Crippen molar-refractivity contribution in [2.24, 2.45) is 15.8 Å². The van der Waals surface area contributed by atoms with Crippen LogP contribution in [0.2, 0.25) is 5.02 Å². The molecule has 0 fully saturated rings. The molecule has 3 rings (SSSR count). The van der Waals surface area contributed by atoms with Gasteiger partial charge in [0.2, 0.25) is 5.91 Å². The molecule has 148 valence electrons. The molecular weight excluding hydrogens is 410 g/mol. The molecule has 1 aliphatic heterocycles. The number of para-hydroxylation sites is 1. The van der Waals surface area contributed by atoms with Gasteiger partial charge in [-0.2, -0.15) is 0 Å². The van der Waals surface area contributed by atoms with E-state index in [1.54, 1.807) is 36.0 Å². The predicted octanol–water partition coefficient (Wildman–Crippen LogP) is 4.22. The topological polar surface area (TPSA) is 128 Å². The van der Waals surface area contributed by atoms with Gasteiger partial charge in [0, 0.05) is 33.8 Å². The number of nitrogens with zero attached hydrogens (tertiary/aromatic N) is 4. The molecule has 1 aliphatic rings. The number of azide groups is 1. The Kier molecular flexibility index (Phi) is 7.02. The van der Waals surface area contributed by atoms with E-state index in [2.05, 4.69) is 25.7 Å². The van der Waals surface area contributed by atoms with E-state index in [0.29, 0.717) is 16.3 Å². The molecule has 2 aromatic carbocycles. The van der Waals surface area contributed by atoms with E-state index in [0.717, 1.165) is 10.6 Å². The normalized spacial score (nSPS) is 16.6. The second-order valence-corrected chi connectivity index (χ2v) is 7.52. The summed E-state index contributed by atoms with van der Waals surface area (Å²) in [7, 11) is 0. The molecule has 0 aromatic heterocycles. The molecular formula is C19H18ClN7OS. The number of fused-ring (bicyclic) bond motifs is 1. The molecule has 0 saturated carbocycles. The Bertz CT molecular complexity index is 979. The fraction of sp³-hybridized carbons (Fsp3) is 0.158. The summed E-state index contributed by atoms with van der Waals surface area (Å²) in [6.45, 7) is -0.0730. The molecule has 8 nitrogen and oxygen atoms in total. The van der Waals surface area contributed by atoms with E-state index < -0.39 is 11.8 Å². The third-order valence-electron chi connectivity index (χ3n) is 4.13. The van der Waals surface area contributed by atoms with Crippen molar-refractivity contribution in [2.45, 2.75) is 16.3 Å². The van der Waals surface area contributed by atoms with Gasteiger partial charge in [-0.05, 0) is 29.3 Å². The Labute approximate surface area is 176 Å². The van der Waals surface area contributed by atoms with Crippen LogP contribution in [0.3, 0.4) is 0 Å². The number of aliphatic imine (C=N–C) groups is 1. The smallest absolute Gasteiger partial charge is 0.232 e. The van der Waals surface area contributed by atoms with Crippen LogP contribution < -0.4 is 16.4 Å². The summed E-state index contributed by atoms with van der Waals surface area (Å²) in [6, 6.07) is 14.8. The minimum Gasteiger partial charge on any atom is -0.403 e. The lowest BCUT2D eigenvalue weighted by Crippen LogP contribution is -2.31. The molecule has 2 atom stereocenters. The van der Waals surface area contributed by atoms with Crippen LogP contribution >= 0.6 is 23.4 Å². The van der Waals surface area contributed by atoms with Gasteiger partial charge in [0.05, 0.1) is 17.3 Å². The molecule has 0 radical (unpaired) electrons. The average Bonchev–Trinajstić information content (AvgIpc) is 3.15. The summed E-state index contributed by atoms with van der Waals surface area (Å²) in [4.78, 5) is 21.1. The van der Waals surface area contributed by atoms with Gasteiger partial charge in [-0.1, -0.05) is 58.8 Å². The molecule has 1 unspecified atom stereocenters.